The summed E-state index contributed by atoms with van der Waals surface area (Å²) in [5.74, 6) is 1.41. The van der Waals surface area contributed by atoms with Gasteiger partial charge in [-0.3, -0.25) is 14.8 Å². The summed E-state index contributed by atoms with van der Waals surface area (Å²) in [6.45, 7) is 5.94. The summed E-state index contributed by atoms with van der Waals surface area (Å²) in [5, 5.41) is 6.87. The van der Waals surface area contributed by atoms with E-state index in [4.69, 9.17) is 0 Å². The minimum Gasteiger partial charge on any atom is -0.341 e. The predicted octanol–water partition coefficient (Wildman–Crippen LogP) is 1.92. The number of carbonyl (C=O) groups is 1. The molecule has 0 saturated carbocycles. The number of amides is 1. The summed E-state index contributed by atoms with van der Waals surface area (Å²) < 4.78 is 13.0. The molecule has 0 atom stereocenters. The van der Waals surface area contributed by atoms with Crippen LogP contribution in [0.25, 0.3) is 0 Å². The van der Waals surface area contributed by atoms with Gasteiger partial charge in [-0.1, -0.05) is 12.1 Å². The fraction of sp³-hybridized carbons (Fsp3) is 0.500. The predicted molar refractivity (Wildman–Crippen MR) is 92.3 cm³/mol. The molecule has 2 aromatic rings. The van der Waals surface area contributed by atoms with Crippen molar-refractivity contribution in [3.05, 3.63) is 47.3 Å². The highest BCUT2D eigenvalue weighted by Gasteiger charge is 2.19. The second-order valence-corrected chi connectivity index (χ2v) is 6.47. The first kappa shape index (κ1) is 17.5. The summed E-state index contributed by atoms with van der Waals surface area (Å²) in [6, 6.07) is 6.63. The Hall–Kier alpha value is -2.28. The summed E-state index contributed by atoms with van der Waals surface area (Å²) in [4.78, 5) is 20.9. The molecule has 6 nitrogen and oxygen atoms in total. The lowest BCUT2D eigenvalue weighted by atomic mass is 10.2. The van der Waals surface area contributed by atoms with Gasteiger partial charge in [0.2, 0.25) is 5.91 Å². The maximum Gasteiger partial charge on any atom is 0.223 e. The van der Waals surface area contributed by atoms with Gasteiger partial charge in [0, 0.05) is 45.6 Å². The van der Waals surface area contributed by atoms with E-state index in [1.807, 2.05) is 24.0 Å². The van der Waals surface area contributed by atoms with Crippen LogP contribution in [0.2, 0.25) is 0 Å². The Kier molecular flexibility index (Phi) is 5.75. The van der Waals surface area contributed by atoms with E-state index in [9.17, 15) is 9.18 Å². The van der Waals surface area contributed by atoms with E-state index in [0.717, 1.165) is 50.5 Å². The molecule has 3 rings (SSSR count). The fourth-order valence-corrected chi connectivity index (χ4v) is 3.10. The first-order valence-corrected chi connectivity index (χ1v) is 8.72. The largest absolute Gasteiger partial charge is 0.341 e. The zero-order chi connectivity index (χ0) is 17.6. The number of nitrogens with zero attached hydrogens (tertiary/aromatic N) is 4. The molecule has 1 aliphatic rings. The number of halogens is 1. The highest BCUT2D eigenvalue weighted by atomic mass is 19.1. The molecule has 1 aromatic carbocycles. The van der Waals surface area contributed by atoms with Gasteiger partial charge in [-0.05, 0) is 31.0 Å². The second kappa shape index (κ2) is 8.20. The average molecular weight is 345 g/mol. The molecule has 0 aliphatic carbocycles. The van der Waals surface area contributed by atoms with E-state index in [2.05, 4.69) is 20.1 Å². The number of hydrogen-bond acceptors (Lipinski definition) is 4. The molecule has 1 aromatic heterocycles. The molecule has 7 heteroatoms. The van der Waals surface area contributed by atoms with Crippen LogP contribution in [0.3, 0.4) is 0 Å². The van der Waals surface area contributed by atoms with Crippen molar-refractivity contribution in [2.24, 2.45) is 0 Å². The highest BCUT2D eigenvalue weighted by molar-refractivity contribution is 5.76. The van der Waals surface area contributed by atoms with Gasteiger partial charge in [0.1, 0.15) is 11.6 Å². The van der Waals surface area contributed by atoms with Gasteiger partial charge < -0.3 is 4.90 Å². The zero-order valence-electron chi connectivity index (χ0n) is 14.5. The molecule has 1 aliphatic heterocycles. The Morgan fingerprint density at radius 1 is 1.20 bits per heavy atom. The monoisotopic (exact) mass is 345 g/mol. The Labute approximate surface area is 147 Å². The van der Waals surface area contributed by atoms with E-state index in [1.165, 1.54) is 12.1 Å². The quantitative estimate of drug-likeness (QED) is 0.899. The highest BCUT2D eigenvalue weighted by Crippen LogP contribution is 2.11. The molecule has 0 bridgehead atoms. The molecule has 2 heterocycles. The normalized spacial score (nSPS) is 16.0. The van der Waals surface area contributed by atoms with Crippen LogP contribution < -0.4 is 0 Å². The van der Waals surface area contributed by atoms with Crippen LogP contribution in [0.5, 0.6) is 0 Å². The molecule has 25 heavy (non-hydrogen) atoms. The van der Waals surface area contributed by atoms with E-state index in [0.29, 0.717) is 18.7 Å². The molecular formula is C18H24FN5O. The topological polar surface area (TPSA) is 65.1 Å². The van der Waals surface area contributed by atoms with Crippen LogP contribution in [-0.4, -0.2) is 57.1 Å². The number of rotatable bonds is 5. The molecule has 0 radical (unpaired) electrons. The van der Waals surface area contributed by atoms with Gasteiger partial charge in [0.05, 0.1) is 0 Å². The van der Waals surface area contributed by atoms with Crippen molar-refractivity contribution >= 4 is 5.91 Å². The Morgan fingerprint density at radius 2 is 2.00 bits per heavy atom. The van der Waals surface area contributed by atoms with Gasteiger partial charge in [0.25, 0.3) is 0 Å². The van der Waals surface area contributed by atoms with Crippen molar-refractivity contribution in [3.8, 4) is 0 Å². The maximum atomic E-state index is 13.0. The van der Waals surface area contributed by atoms with Crippen LogP contribution in [0.15, 0.2) is 24.3 Å². The molecule has 0 unspecified atom stereocenters. The minimum absolute atomic E-state index is 0.158. The number of carbonyl (C=O) groups excluding carboxylic acids is 1. The lowest BCUT2D eigenvalue weighted by molar-refractivity contribution is -0.131. The number of benzene rings is 1. The second-order valence-electron chi connectivity index (χ2n) is 6.47. The van der Waals surface area contributed by atoms with Crippen LogP contribution in [-0.2, 0) is 17.8 Å². The van der Waals surface area contributed by atoms with Gasteiger partial charge in [-0.15, -0.1) is 0 Å². The van der Waals surface area contributed by atoms with Crippen LogP contribution in [0.1, 0.15) is 30.1 Å². The fourth-order valence-electron chi connectivity index (χ4n) is 3.10. The average Bonchev–Trinajstić information content (AvgIpc) is 2.88. The van der Waals surface area contributed by atoms with Gasteiger partial charge in [0.15, 0.2) is 5.82 Å². The van der Waals surface area contributed by atoms with E-state index < -0.39 is 0 Å². The van der Waals surface area contributed by atoms with Crippen LogP contribution >= 0.6 is 0 Å². The molecule has 0 spiro atoms. The molecule has 1 amide bonds. The number of aromatic amines is 1. The molecule has 134 valence electrons. The Balaban J connectivity index is 1.47. The Morgan fingerprint density at radius 3 is 2.72 bits per heavy atom. The van der Waals surface area contributed by atoms with Crippen molar-refractivity contribution in [1.29, 1.82) is 0 Å². The van der Waals surface area contributed by atoms with Gasteiger partial charge >= 0.3 is 0 Å². The number of nitrogens with one attached hydrogen (secondary N) is 1. The summed E-state index contributed by atoms with van der Waals surface area (Å²) in [7, 11) is 0. The summed E-state index contributed by atoms with van der Waals surface area (Å²) >= 11 is 0. The molecule has 1 saturated heterocycles. The number of aryl methyl sites for hydroxylation is 2. The van der Waals surface area contributed by atoms with E-state index in [1.54, 1.807) is 0 Å². The van der Waals surface area contributed by atoms with E-state index in [-0.39, 0.29) is 11.7 Å². The number of hydrogen-bond donors (Lipinski definition) is 1. The maximum absolute atomic E-state index is 13.0. The van der Waals surface area contributed by atoms with Crippen molar-refractivity contribution < 1.29 is 9.18 Å². The first-order valence-electron chi connectivity index (χ1n) is 8.72. The number of aromatic nitrogens is 3. The molecule has 1 N–H and O–H groups in total. The third-order valence-corrected chi connectivity index (χ3v) is 4.47. The van der Waals surface area contributed by atoms with Crippen LogP contribution in [0.4, 0.5) is 4.39 Å². The minimum atomic E-state index is -0.210. The van der Waals surface area contributed by atoms with Gasteiger partial charge in [-0.25, -0.2) is 9.37 Å². The van der Waals surface area contributed by atoms with Crippen molar-refractivity contribution in [2.45, 2.75) is 32.7 Å². The first-order chi connectivity index (χ1) is 12.1. The van der Waals surface area contributed by atoms with E-state index >= 15 is 0 Å². The van der Waals surface area contributed by atoms with Gasteiger partial charge in [-0.2, -0.15) is 5.10 Å². The SMILES string of the molecule is Cc1nc(CCC(=O)N2CCCN(Cc3ccc(F)cc3)CC2)n[nH]1. The third kappa shape index (κ3) is 5.09. The van der Waals surface area contributed by atoms with Crippen molar-refractivity contribution in [2.75, 3.05) is 26.2 Å². The lowest BCUT2D eigenvalue weighted by Crippen LogP contribution is -2.35. The Bertz CT molecular complexity index is 700. The van der Waals surface area contributed by atoms with Crippen LogP contribution in [0, 0.1) is 12.7 Å². The summed E-state index contributed by atoms with van der Waals surface area (Å²) in [6.07, 6.45) is 1.96. The number of H-pyrrole nitrogens is 1. The van der Waals surface area contributed by atoms with Crippen molar-refractivity contribution in [3.63, 3.8) is 0 Å². The third-order valence-electron chi connectivity index (χ3n) is 4.47. The molecule has 1 fully saturated rings. The zero-order valence-corrected chi connectivity index (χ0v) is 14.5. The smallest absolute Gasteiger partial charge is 0.223 e. The standard InChI is InChI=1S/C18H24FN5O/c1-14-20-17(22-21-14)7-8-18(25)24-10-2-9-23(11-12-24)13-15-3-5-16(19)6-4-15/h3-6H,2,7-13H2,1H3,(H,20,21,22). The lowest BCUT2D eigenvalue weighted by Gasteiger charge is -2.22. The summed E-state index contributed by atoms with van der Waals surface area (Å²) in [5.41, 5.74) is 1.10. The molecular weight excluding hydrogens is 321 g/mol. The van der Waals surface area contributed by atoms with Crippen molar-refractivity contribution in [1.82, 2.24) is 25.0 Å².